The third kappa shape index (κ3) is 7.48. The summed E-state index contributed by atoms with van der Waals surface area (Å²) in [7, 11) is 0. The van der Waals surface area contributed by atoms with Crippen molar-refractivity contribution in [1.29, 1.82) is 0 Å². The van der Waals surface area contributed by atoms with Crippen molar-refractivity contribution in [3.8, 4) is 5.75 Å². The Bertz CT molecular complexity index is 968. The molecule has 3 rings (SSSR count). The number of para-hydroxylation sites is 1. The number of hydrogen-bond donors (Lipinski definition) is 2. The monoisotopic (exact) mass is 487 g/mol. The van der Waals surface area contributed by atoms with Crippen LogP contribution in [0.1, 0.15) is 29.6 Å². The van der Waals surface area contributed by atoms with Crippen molar-refractivity contribution in [2.75, 3.05) is 31.7 Å². The molecule has 7 nitrogen and oxygen atoms in total. The summed E-state index contributed by atoms with van der Waals surface area (Å²) >= 11 is 1.60. The summed E-state index contributed by atoms with van der Waals surface area (Å²) in [6, 6.07) is 14.2. The molecule has 1 fully saturated rings. The lowest BCUT2D eigenvalue weighted by atomic mass is 10.0. The predicted octanol–water partition coefficient (Wildman–Crippen LogP) is 2.86. The summed E-state index contributed by atoms with van der Waals surface area (Å²) in [5, 5.41) is 5.77. The van der Waals surface area contributed by atoms with Gasteiger partial charge in [0.05, 0.1) is 5.56 Å². The number of thioether (sulfide) groups is 1. The van der Waals surface area contributed by atoms with Gasteiger partial charge in [0.15, 0.2) is 6.61 Å². The number of piperidine rings is 1. The van der Waals surface area contributed by atoms with Gasteiger partial charge in [-0.1, -0.05) is 30.3 Å². The number of benzene rings is 2. The number of carbonyl (C=O) groups is 3. The Balaban J connectivity index is 1.48. The van der Waals surface area contributed by atoms with E-state index in [1.54, 1.807) is 40.9 Å². The molecule has 0 saturated carbocycles. The average molecular weight is 488 g/mol. The molecule has 34 heavy (non-hydrogen) atoms. The van der Waals surface area contributed by atoms with Crippen molar-refractivity contribution in [3.63, 3.8) is 0 Å². The van der Waals surface area contributed by atoms with Gasteiger partial charge in [-0.2, -0.15) is 11.8 Å². The van der Waals surface area contributed by atoms with Gasteiger partial charge in [-0.3, -0.25) is 14.4 Å². The Morgan fingerprint density at radius 3 is 2.44 bits per heavy atom. The Kier molecular flexibility index (Phi) is 9.75. The van der Waals surface area contributed by atoms with Crippen LogP contribution >= 0.6 is 11.8 Å². The van der Waals surface area contributed by atoms with Crippen molar-refractivity contribution in [2.24, 2.45) is 0 Å². The molecule has 1 saturated heterocycles. The molecule has 0 bridgehead atoms. The minimum absolute atomic E-state index is 0.0579. The number of nitrogens with one attached hydrogen (secondary N) is 2. The number of carbonyl (C=O) groups excluding carboxylic acids is 3. The van der Waals surface area contributed by atoms with Gasteiger partial charge in [0.2, 0.25) is 5.91 Å². The molecule has 1 aliphatic rings. The number of amides is 3. The van der Waals surface area contributed by atoms with Gasteiger partial charge in [0.1, 0.15) is 17.6 Å². The molecular weight excluding hydrogens is 457 g/mol. The molecule has 0 aromatic heterocycles. The first kappa shape index (κ1) is 25.6. The highest BCUT2D eigenvalue weighted by atomic mass is 32.2. The topological polar surface area (TPSA) is 87.7 Å². The van der Waals surface area contributed by atoms with Crippen LogP contribution in [0.2, 0.25) is 0 Å². The fourth-order valence-corrected chi connectivity index (χ4v) is 4.21. The Morgan fingerprint density at radius 2 is 1.76 bits per heavy atom. The predicted molar refractivity (Wildman–Crippen MR) is 130 cm³/mol. The number of ether oxygens (including phenoxy) is 1. The summed E-state index contributed by atoms with van der Waals surface area (Å²) in [6.07, 6.45) is 3.56. The van der Waals surface area contributed by atoms with Gasteiger partial charge >= 0.3 is 0 Å². The van der Waals surface area contributed by atoms with Crippen LogP contribution in [0.4, 0.5) is 4.39 Å². The maximum atomic E-state index is 13.9. The fraction of sp³-hybridized carbons (Fsp3) is 0.400. The molecule has 9 heteroatoms. The number of rotatable bonds is 10. The standard InChI is InChI=1S/C25H30FN3O4S/c1-34-16-13-22(28-23(30)17-33-19-7-3-2-4-8-19)24(31)27-18-11-14-29(15-12-18)25(32)20-9-5-6-10-21(20)26/h2-10,18,22H,11-17H2,1H3,(H,27,31)(H,28,30). The molecule has 0 radical (unpaired) electrons. The van der Waals surface area contributed by atoms with E-state index in [1.807, 2.05) is 24.5 Å². The molecular formula is C25H30FN3O4S. The molecule has 1 unspecified atom stereocenters. The molecule has 2 N–H and O–H groups in total. The average Bonchev–Trinajstić information content (AvgIpc) is 2.86. The second-order valence-electron chi connectivity index (χ2n) is 8.06. The largest absolute Gasteiger partial charge is 0.484 e. The van der Waals surface area contributed by atoms with E-state index < -0.39 is 11.9 Å². The van der Waals surface area contributed by atoms with E-state index >= 15 is 0 Å². The molecule has 182 valence electrons. The van der Waals surface area contributed by atoms with Crippen LogP contribution in [-0.2, 0) is 9.59 Å². The lowest BCUT2D eigenvalue weighted by Gasteiger charge is -2.33. The van der Waals surface area contributed by atoms with Crippen molar-refractivity contribution in [1.82, 2.24) is 15.5 Å². The van der Waals surface area contributed by atoms with E-state index in [9.17, 15) is 18.8 Å². The highest BCUT2D eigenvalue weighted by molar-refractivity contribution is 7.98. The molecule has 2 aromatic carbocycles. The summed E-state index contributed by atoms with van der Waals surface area (Å²) in [6.45, 7) is 0.666. The van der Waals surface area contributed by atoms with E-state index in [0.29, 0.717) is 43.9 Å². The molecule has 1 heterocycles. The smallest absolute Gasteiger partial charge is 0.258 e. The lowest BCUT2D eigenvalue weighted by Crippen LogP contribution is -2.53. The number of hydrogen-bond acceptors (Lipinski definition) is 5. The maximum absolute atomic E-state index is 13.9. The zero-order valence-electron chi connectivity index (χ0n) is 19.2. The van der Waals surface area contributed by atoms with Gasteiger partial charge in [0.25, 0.3) is 11.8 Å². The summed E-state index contributed by atoms with van der Waals surface area (Å²) < 4.78 is 19.4. The second-order valence-corrected chi connectivity index (χ2v) is 9.04. The van der Waals surface area contributed by atoms with Crippen LogP contribution in [0.25, 0.3) is 0 Å². The van der Waals surface area contributed by atoms with Crippen LogP contribution in [0.15, 0.2) is 54.6 Å². The molecule has 2 aromatic rings. The van der Waals surface area contributed by atoms with Crippen molar-refractivity contribution in [2.45, 2.75) is 31.3 Å². The molecule has 0 spiro atoms. The first-order chi connectivity index (χ1) is 16.5. The minimum Gasteiger partial charge on any atom is -0.484 e. The molecule has 3 amide bonds. The summed E-state index contributed by atoms with van der Waals surface area (Å²) in [4.78, 5) is 39.5. The molecule has 0 aliphatic carbocycles. The highest BCUT2D eigenvalue weighted by Crippen LogP contribution is 2.16. The Morgan fingerprint density at radius 1 is 1.09 bits per heavy atom. The zero-order chi connectivity index (χ0) is 24.3. The van der Waals surface area contributed by atoms with E-state index in [-0.39, 0.29) is 35.9 Å². The SMILES string of the molecule is CSCCC(NC(=O)COc1ccccc1)C(=O)NC1CCN(C(=O)c2ccccc2F)CC1. The van der Waals surface area contributed by atoms with Gasteiger partial charge < -0.3 is 20.3 Å². The van der Waals surface area contributed by atoms with Gasteiger partial charge in [-0.05, 0) is 55.5 Å². The van der Waals surface area contributed by atoms with E-state index in [4.69, 9.17) is 4.74 Å². The highest BCUT2D eigenvalue weighted by Gasteiger charge is 2.28. The van der Waals surface area contributed by atoms with Crippen LogP contribution in [0.3, 0.4) is 0 Å². The summed E-state index contributed by atoms with van der Waals surface area (Å²) in [5.74, 6) is -0.193. The van der Waals surface area contributed by atoms with Crippen molar-refractivity contribution in [3.05, 3.63) is 66.0 Å². The Labute approximate surface area is 203 Å². The van der Waals surface area contributed by atoms with E-state index in [1.165, 1.54) is 12.1 Å². The number of likely N-dealkylation sites (tertiary alicyclic amines) is 1. The first-order valence-electron chi connectivity index (χ1n) is 11.3. The van der Waals surface area contributed by atoms with Gasteiger partial charge in [0, 0.05) is 19.1 Å². The lowest BCUT2D eigenvalue weighted by molar-refractivity contribution is -0.130. The normalized spacial score (nSPS) is 14.8. The van der Waals surface area contributed by atoms with Gasteiger partial charge in [-0.15, -0.1) is 0 Å². The van der Waals surface area contributed by atoms with Gasteiger partial charge in [-0.25, -0.2) is 4.39 Å². The van der Waals surface area contributed by atoms with Crippen molar-refractivity contribution < 1.29 is 23.5 Å². The molecule has 1 atom stereocenters. The van der Waals surface area contributed by atoms with Crippen LogP contribution < -0.4 is 15.4 Å². The quantitative estimate of drug-likeness (QED) is 0.538. The zero-order valence-corrected chi connectivity index (χ0v) is 20.0. The number of nitrogens with zero attached hydrogens (tertiary/aromatic N) is 1. The summed E-state index contributed by atoms with van der Waals surface area (Å²) in [5.41, 5.74) is 0.0579. The maximum Gasteiger partial charge on any atom is 0.258 e. The minimum atomic E-state index is -0.669. The van der Waals surface area contributed by atoms with E-state index in [0.717, 1.165) is 0 Å². The second kappa shape index (κ2) is 13.0. The third-order valence-corrected chi connectivity index (χ3v) is 6.25. The van der Waals surface area contributed by atoms with Crippen LogP contribution in [-0.4, -0.2) is 66.4 Å². The van der Waals surface area contributed by atoms with Crippen LogP contribution in [0.5, 0.6) is 5.75 Å². The van der Waals surface area contributed by atoms with Crippen molar-refractivity contribution >= 4 is 29.5 Å². The molecule has 1 aliphatic heterocycles. The van der Waals surface area contributed by atoms with Crippen LogP contribution in [0, 0.1) is 5.82 Å². The fourth-order valence-electron chi connectivity index (χ4n) is 3.74. The van der Waals surface area contributed by atoms with E-state index in [2.05, 4.69) is 10.6 Å². The third-order valence-electron chi connectivity index (χ3n) is 5.61. The number of halogens is 1. The first-order valence-corrected chi connectivity index (χ1v) is 12.7. The Hall–Kier alpha value is -3.07.